The number of quaternary nitrogens is 1. The van der Waals surface area contributed by atoms with Crippen LogP contribution in [0.5, 0.6) is 0 Å². The van der Waals surface area contributed by atoms with Crippen molar-refractivity contribution in [3.63, 3.8) is 0 Å². The molecule has 3 nitrogen and oxygen atoms in total. The van der Waals surface area contributed by atoms with Crippen LogP contribution < -0.4 is 10.2 Å². The Labute approximate surface area is 157 Å². The summed E-state index contributed by atoms with van der Waals surface area (Å²) in [5, 5.41) is 2.86. The first-order valence-electron chi connectivity index (χ1n) is 8.71. The molecule has 0 aromatic heterocycles. The molecule has 3 rings (SSSR count). The number of carbonyl (C=O) groups is 1. The average Bonchev–Trinajstić information content (AvgIpc) is 2.66. The van der Waals surface area contributed by atoms with Gasteiger partial charge >= 0.3 is 0 Å². The zero-order valence-electron chi connectivity index (χ0n) is 15.0. The molecule has 0 spiro atoms. The summed E-state index contributed by atoms with van der Waals surface area (Å²) < 4.78 is 26.3. The number of carbonyl (C=O) groups excluding carboxylic acids is 1. The van der Waals surface area contributed by atoms with E-state index in [0.717, 1.165) is 16.0 Å². The zero-order chi connectivity index (χ0) is 19.2. The fourth-order valence-corrected chi connectivity index (χ4v) is 3.08. The molecular formula is C22H21F2N2O+. The first-order chi connectivity index (χ1) is 13.0. The first-order valence-corrected chi connectivity index (χ1v) is 8.71. The largest absolute Gasteiger partial charge is 0.321 e. The SMILES string of the molecule is C[NH+](Cc1ccc(F)cc1)[C@H](C(=O)Nc1ccc(F)cc1)c1ccccc1. The van der Waals surface area contributed by atoms with Crippen molar-refractivity contribution >= 4 is 11.6 Å². The predicted octanol–water partition coefficient (Wildman–Crippen LogP) is 3.36. The van der Waals surface area contributed by atoms with Gasteiger partial charge in [0, 0.05) is 16.8 Å². The van der Waals surface area contributed by atoms with Gasteiger partial charge in [-0.1, -0.05) is 42.5 Å². The maximum atomic E-state index is 13.1. The van der Waals surface area contributed by atoms with Crippen LogP contribution >= 0.6 is 0 Å². The number of likely N-dealkylation sites (N-methyl/N-ethyl adjacent to an activating group) is 1. The van der Waals surface area contributed by atoms with Crippen LogP contribution in [-0.2, 0) is 11.3 Å². The van der Waals surface area contributed by atoms with Gasteiger partial charge in [0.1, 0.15) is 18.2 Å². The van der Waals surface area contributed by atoms with Crippen LogP contribution in [0.25, 0.3) is 0 Å². The number of nitrogens with one attached hydrogen (secondary N) is 2. The van der Waals surface area contributed by atoms with E-state index in [1.165, 1.54) is 36.4 Å². The molecule has 27 heavy (non-hydrogen) atoms. The fourth-order valence-electron chi connectivity index (χ4n) is 3.08. The summed E-state index contributed by atoms with van der Waals surface area (Å²) in [6, 6.07) is 21.0. The van der Waals surface area contributed by atoms with Crippen LogP contribution in [0.2, 0.25) is 0 Å². The summed E-state index contributed by atoms with van der Waals surface area (Å²) in [7, 11) is 1.92. The minimum absolute atomic E-state index is 0.188. The molecule has 3 aromatic carbocycles. The van der Waals surface area contributed by atoms with Crippen molar-refractivity contribution in [2.75, 3.05) is 12.4 Å². The highest BCUT2D eigenvalue weighted by molar-refractivity contribution is 5.94. The Morgan fingerprint density at radius 2 is 1.44 bits per heavy atom. The number of hydrogen-bond acceptors (Lipinski definition) is 1. The summed E-state index contributed by atoms with van der Waals surface area (Å²) in [6.07, 6.45) is 0. The second-order valence-corrected chi connectivity index (χ2v) is 6.49. The smallest absolute Gasteiger partial charge is 0.287 e. The van der Waals surface area contributed by atoms with Gasteiger partial charge in [0.2, 0.25) is 0 Å². The Morgan fingerprint density at radius 3 is 2.04 bits per heavy atom. The summed E-state index contributed by atoms with van der Waals surface area (Å²) in [6.45, 7) is 0.552. The van der Waals surface area contributed by atoms with Crippen LogP contribution in [0, 0.1) is 11.6 Å². The number of amides is 1. The van der Waals surface area contributed by atoms with Gasteiger partial charge in [-0.25, -0.2) is 8.78 Å². The Hall–Kier alpha value is -3.05. The monoisotopic (exact) mass is 367 g/mol. The van der Waals surface area contributed by atoms with Gasteiger partial charge in [-0.15, -0.1) is 0 Å². The van der Waals surface area contributed by atoms with E-state index in [4.69, 9.17) is 0 Å². The van der Waals surface area contributed by atoms with Gasteiger partial charge in [-0.3, -0.25) is 4.79 Å². The molecule has 0 radical (unpaired) electrons. The van der Waals surface area contributed by atoms with Crippen molar-refractivity contribution in [2.24, 2.45) is 0 Å². The van der Waals surface area contributed by atoms with E-state index < -0.39 is 6.04 Å². The summed E-state index contributed by atoms with van der Waals surface area (Å²) in [4.78, 5) is 13.9. The van der Waals surface area contributed by atoms with Crippen molar-refractivity contribution in [3.05, 3.63) is 102 Å². The van der Waals surface area contributed by atoms with Crippen LogP contribution in [0.3, 0.4) is 0 Å². The quantitative estimate of drug-likeness (QED) is 0.688. The molecule has 1 unspecified atom stereocenters. The molecule has 0 aliphatic heterocycles. The third-order valence-corrected chi connectivity index (χ3v) is 4.40. The second kappa shape index (κ2) is 8.56. The molecule has 0 bridgehead atoms. The molecule has 0 saturated carbocycles. The van der Waals surface area contributed by atoms with Crippen molar-refractivity contribution in [2.45, 2.75) is 12.6 Å². The summed E-state index contributed by atoms with van der Waals surface area (Å²) >= 11 is 0. The third kappa shape index (κ3) is 4.99. The standard InChI is InChI=1S/C22H20F2N2O/c1-26(15-16-7-9-18(23)10-8-16)21(17-5-3-2-4-6-17)22(27)25-20-13-11-19(24)12-14-20/h2-14,21H,15H2,1H3,(H,25,27)/p+1/t21-/m0/s1. The molecule has 2 N–H and O–H groups in total. The van der Waals surface area contributed by atoms with E-state index in [-0.39, 0.29) is 17.5 Å². The van der Waals surface area contributed by atoms with E-state index in [1.807, 2.05) is 37.4 Å². The van der Waals surface area contributed by atoms with Crippen molar-refractivity contribution in [1.82, 2.24) is 0 Å². The number of anilines is 1. The molecule has 0 aliphatic rings. The highest BCUT2D eigenvalue weighted by atomic mass is 19.1. The van der Waals surface area contributed by atoms with Crippen LogP contribution in [0.4, 0.5) is 14.5 Å². The van der Waals surface area contributed by atoms with Gasteiger partial charge in [-0.2, -0.15) is 0 Å². The lowest BCUT2D eigenvalue weighted by Crippen LogP contribution is -3.09. The van der Waals surface area contributed by atoms with E-state index in [2.05, 4.69) is 5.32 Å². The summed E-state index contributed by atoms with van der Waals surface area (Å²) in [5.74, 6) is -0.829. The topological polar surface area (TPSA) is 33.5 Å². The van der Waals surface area contributed by atoms with Crippen LogP contribution in [0.1, 0.15) is 17.2 Å². The lowest BCUT2D eigenvalue weighted by atomic mass is 10.0. The van der Waals surface area contributed by atoms with Gasteiger partial charge in [0.15, 0.2) is 6.04 Å². The first kappa shape index (κ1) is 18.7. The molecule has 138 valence electrons. The molecule has 3 aromatic rings. The van der Waals surface area contributed by atoms with Crippen LogP contribution in [-0.4, -0.2) is 13.0 Å². The molecule has 0 fully saturated rings. The third-order valence-electron chi connectivity index (χ3n) is 4.40. The molecule has 1 amide bonds. The van der Waals surface area contributed by atoms with E-state index in [9.17, 15) is 13.6 Å². The second-order valence-electron chi connectivity index (χ2n) is 6.49. The molecule has 0 heterocycles. The number of rotatable bonds is 6. The van der Waals surface area contributed by atoms with Gasteiger partial charge in [-0.05, 0) is 36.4 Å². The zero-order valence-corrected chi connectivity index (χ0v) is 15.0. The van der Waals surface area contributed by atoms with E-state index in [1.54, 1.807) is 12.1 Å². The Morgan fingerprint density at radius 1 is 0.889 bits per heavy atom. The van der Waals surface area contributed by atoms with Gasteiger partial charge in [0.25, 0.3) is 5.91 Å². The highest BCUT2D eigenvalue weighted by Gasteiger charge is 2.29. The van der Waals surface area contributed by atoms with Gasteiger partial charge in [0.05, 0.1) is 7.05 Å². The minimum atomic E-state index is -0.471. The lowest BCUT2D eigenvalue weighted by molar-refractivity contribution is -0.915. The normalized spacial score (nSPS) is 13.0. The number of halogens is 2. The lowest BCUT2D eigenvalue weighted by Gasteiger charge is -2.25. The van der Waals surface area contributed by atoms with Crippen LogP contribution in [0.15, 0.2) is 78.9 Å². The molecule has 0 saturated heterocycles. The molecule has 2 atom stereocenters. The Kier molecular flexibility index (Phi) is 5.94. The number of hydrogen-bond donors (Lipinski definition) is 2. The molecule has 5 heteroatoms. The predicted molar refractivity (Wildman–Crippen MR) is 101 cm³/mol. The fraction of sp³-hybridized carbons (Fsp3) is 0.136. The van der Waals surface area contributed by atoms with E-state index in [0.29, 0.717) is 12.2 Å². The van der Waals surface area contributed by atoms with Gasteiger partial charge < -0.3 is 10.2 Å². The Balaban J connectivity index is 1.82. The Bertz CT molecular complexity index is 880. The maximum Gasteiger partial charge on any atom is 0.287 e. The number of benzene rings is 3. The highest BCUT2D eigenvalue weighted by Crippen LogP contribution is 2.15. The van der Waals surface area contributed by atoms with Crippen molar-refractivity contribution in [3.8, 4) is 0 Å². The molecular weight excluding hydrogens is 346 g/mol. The van der Waals surface area contributed by atoms with Crippen molar-refractivity contribution < 1.29 is 18.5 Å². The minimum Gasteiger partial charge on any atom is -0.321 e. The van der Waals surface area contributed by atoms with Crippen molar-refractivity contribution in [1.29, 1.82) is 0 Å². The van der Waals surface area contributed by atoms with E-state index >= 15 is 0 Å². The summed E-state index contributed by atoms with van der Waals surface area (Å²) in [5.41, 5.74) is 2.35. The average molecular weight is 367 g/mol. The maximum absolute atomic E-state index is 13.1. The molecule has 0 aliphatic carbocycles.